The number of rotatable bonds is 3. The van der Waals surface area contributed by atoms with Gasteiger partial charge >= 0.3 is 6.09 Å². The maximum Gasteiger partial charge on any atom is 0.422 e. The van der Waals surface area contributed by atoms with E-state index < -0.39 is 16.1 Å². The van der Waals surface area contributed by atoms with E-state index in [4.69, 9.17) is 11.6 Å². The van der Waals surface area contributed by atoms with Crippen LogP contribution in [-0.2, 0) is 14.8 Å². The van der Waals surface area contributed by atoms with Crippen molar-refractivity contribution < 1.29 is 17.9 Å². The molecule has 0 unspecified atom stereocenters. The Morgan fingerprint density at radius 2 is 2.06 bits per heavy atom. The van der Waals surface area contributed by atoms with Crippen molar-refractivity contribution in [3.8, 4) is 0 Å². The molecule has 8 heteroatoms. The van der Waals surface area contributed by atoms with Crippen LogP contribution in [0.5, 0.6) is 0 Å². The Morgan fingerprint density at radius 1 is 1.41 bits per heavy atom. The first kappa shape index (κ1) is 13.8. The topological polar surface area (TPSA) is 84.5 Å². The largest absolute Gasteiger partial charge is 0.452 e. The standard InChI is InChI=1S/C9H11ClN2O4S/c1-6-3-4-7(5-8(6)10)17(14,15)12-11-9(13)16-2/h3-5,12H,1-2H3,(H,11,13). The molecule has 6 nitrogen and oxygen atoms in total. The van der Waals surface area contributed by atoms with E-state index >= 15 is 0 Å². The Hall–Kier alpha value is -1.31. The summed E-state index contributed by atoms with van der Waals surface area (Å²) in [6, 6.07) is 4.23. The lowest BCUT2D eigenvalue weighted by atomic mass is 10.2. The molecule has 1 aromatic rings. The summed E-state index contributed by atoms with van der Waals surface area (Å²) in [6.45, 7) is 1.75. The van der Waals surface area contributed by atoms with Gasteiger partial charge in [0.2, 0.25) is 0 Å². The SMILES string of the molecule is COC(=O)NNS(=O)(=O)c1ccc(C)c(Cl)c1. The molecular formula is C9H11ClN2O4S. The number of methoxy groups -OCH3 is 1. The van der Waals surface area contributed by atoms with Gasteiger partial charge in [-0.15, -0.1) is 4.83 Å². The summed E-state index contributed by atoms with van der Waals surface area (Å²) in [7, 11) is -2.73. The third-order valence-corrected chi connectivity index (χ3v) is 3.58. The summed E-state index contributed by atoms with van der Waals surface area (Å²) in [4.78, 5) is 12.5. The van der Waals surface area contributed by atoms with Crippen molar-refractivity contribution >= 4 is 27.7 Å². The molecule has 0 fully saturated rings. The number of hydrogen-bond donors (Lipinski definition) is 2. The summed E-state index contributed by atoms with van der Waals surface area (Å²) in [5, 5.41) is 0.325. The summed E-state index contributed by atoms with van der Waals surface area (Å²) >= 11 is 5.81. The maximum atomic E-state index is 11.7. The zero-order chi connectivity index (χ0) is 13.1. The van der Waals surface area contributed by atoms with E-state index in [0.717, 1.165) is 12.7 Å². The maximum absolute atomic E-state index is 11.7. The number of sulfonamides is 1. The Balaban J connectivity index is 2.90. The molecule has 94 valence electrons. The quantitative estimate of drug-likeness (QED) is 0.814. The molecule has 0 aromatic heterocycles. The Morgan fingerprint density at radius 3 is 2.59 bits per heavy atom. The van der Waals surface area contributed by atoms with Gasteiger partial charge in [0.15, 0.2) is 0 Å². The predicted octanol–water partition coefficient (Wildman–Crippen LogP) is 1.20. The van der Waals surface area contributed by atoms with Crippen molar-refractivity contribution in [1.82, 2.24) is 10.3 Å². The number of hydrogen-bond acceptors (Lipinski definition) is 4. The molecule has 0 aliphatic carbocycles. The van der Waals surface area contributed by atoms with Crippen LogP contribution in [-0.4, -0.2) is 21.6 Å². The van der Waals surface area contributed by atoms with Crippen molar-refractivity contribution in [3.63, 3.8) is 0 Å². The fraction of sp³-hybridized carbons (Fsp3) is 0.222. The minimum absolute atomic E-state index is 0.0514. The third-order valence-electron chi connectivity index (χ3n) is 1.93. The molecule has 0 spiro atoms. The van der Waals surface area contributed by atoms with Gasteiger partial charge in [-0.2, -0.15) is 0 Å². The fourth-order valence-corrected chi connectivity index (χ4v) is 2.06. The van der Waals surface area contributed by atoms with Crippen LogP contribution in [0.4, 0.5) is 4.79 Å². The molecule has 0 radical (unpaired) electrons. The van der Waals surface area contributed by atoms with Crippen molar-refractivity contribution in [1.29, 1.82) is 0 Å². The van der Waals surface area contributed by atoms with E-state index in [1.54, 1.807) is 13.0 Å². The van der Waals surface area contributed by atoms with E-state index in [2.05, 4.69) is 4.74 Å². The molecule has 2 N–H and O–H groups in total. The number of nitrogens with one attached hydrogen (secondary N) is 2. The molecular weight excluding hydrogens is 268 g/mol. The van der Waals surface area contributed by atoms with Gasteiger partial charge in [-0.3, -0.25) is 0 Å². The highest BCUT2D eigenvalue weighted by Crippen LogP contribution is 2.19. The third kappa shape index (κ3) is 3.58. The van der Waals surface area contributed by atoms with Crippen molar-refractivity contribution in [2.24, 2.45) is 0 Å². The average molecular weight is 279 g/mol. The van der Waals surface area contributed by atoms with Crippen LogP contribution in [0.25, 0.3) is 0 Å². The van der Waals surface area contributed by atoms with Crippen LogP contribution < -0.4 is 10.3 Å². The number of benzene rings is 1. The molecule has 0 atom stereocenters. The Kier molecular flexibility index (Phi) is 4.33. The predicted molar refractivity (Wildman–Crippen MR) is 62.1 cm³/mol. The molecule has 1 rings (SSSR count). The highest BCUT2D eigenvalue weighted by Gasteiger charge is 2.15. The van der Waals surface area contributed by atoms with Crippen molar-refractivity contribution in [2.75, 3.05) is 7.11 Å². The number of carbonyl (C=O) groups excluding carboxylic acids is 1. The van der Waals surface area contributed by atoms with E-state index in [1.165, 1.54) is 12.1 Å². The van der Waals surface area contributed by atoms with Gasteiger partial charge in [-0.1, -0.05) is 17.7 Å². The zero-order valence-electron chi connectivity index (χ0n) is 9.15. The molecule has 0 heterocycles. The van der Waals surface area contributed by atoms with E-state index in [1.807, 2.05) is 10.3 Å². The van der Waals surface area contributed by atoms with E-state index in [-0.39, 0.29) is 4.90 Å². The molecule has 0 aliphatic rings. The van der Waals surface area contributed by atoms with Gasteiger partial charge in [0, 0.05) is 5.02 Å². The van der Waals surface area contributed by atoms with Crippen LogP contribution in [0.3, 0.4) is 0 Å². The van der Waals surface area contributed by atoms with Crippen LogP contribution in [0.15, 0.2) is 23.1 Å². The molecule has 1 aromatic carbocycles. The molecule has 1 amide bonds. The second kappa shape index (κ2) is 5.35. The normalized spacial score (nSPS) is 11.0. The van der Waals surface area contributed by atoms with E-state index in [0.29, 0.717) is 5.02 Å². The van der Waals surface area contributed by atoms with Gasteiger partial charge in [0.1, 0.15) is 0 Å². The first-order chi connectivity index (χ1) is 7.86. The number of halogens is 1. The van der Waals surface area contributed by atoms with Crippen LogP contribution >= 0.6 is 11.6 Å². The smallest absolute Gasteiger partial charge is 0.422 e. The second-order valence-electron chi connectivity index (χ2n) is 3.13. The first-order valence-corrected chi connectivity index (χ1v) is 6.35. The monoisotopic (exact) mass is 278 g/mol. The fourth-order valence-electron chi connectivity index (χ4n) is 0.960. The summed E-state index contributed by atoms with van der Waals surface area (Å²) < 4.78 is 27.6. The molecule has 0 bridgehead atoms. The lowest BCUT2D eigenvalue weighted by Crippen LogP contribution is -2.41. The van der Waals surface area contributed by atoms with Gasteiger partial charge in [-0.05, 0) is 24.6 Å². The number of aryl methyl sites for hydroxylation is 1. The second-order valence-corrected chi connectivity index (χ2v) is 5.22. The number of ether oxygens (including phenoxy) is 1. The zero-order valence-corrected chi connectivity index (χ0v) is 10.7. The number of hydrazine groups is 1. The lowest BCUT2D eigenvalue weighted by molar-refractivity contribution is 0.169. The lowest BCUT2D eigenvalue weighted by Gasteiger charge is -2.08. The van der Waals surface area contributed by atoms with Crippen LogP contribution in [0.2, 0.25) is 5.02 Å². The first-order valence-electron chi connectivity index (χ1n) is 4.49. The average Bonchev–Trinajstić information content (AvgIpc) is 2.29. The Labute approximate surface area is 104 Å². The molecule has 0 saturated heterocycles. The van der Waals surface area contributed by atoms with E-state index in [9.17, 15) is 13.2 Å². The minimum atomic E-state index is -3.85. The van der Waals surface area contributed by atoms with Crippen LogP contribution in [0, 0.1) is 6.92 Å². The summed E-state index contributed by atoms with van der Waals surface area (Å²) in [5.41, 5.74) is 2.62. The summed E-state index contributed by atoms with van der Waals surface area (Å²) in [5.74, 6) is 0. The van der Waals surface area contributed by atoms with Crippen molar-refractivity contribution in [2.45, 2.75) is 11.8 Å². The summed E-state index contributed by atoms with van der Waals surface area (Å²) in [6.07, 6.45) is -0.910. The Bertz CT molecular complexity index is 530. The highest BCUT2D eigenvalue weighted by atomic mass is 35.5. The van der Waals surface area contributed by atoms with Gasteiger partial charge in [0.25, 0.3) is 10.0 Å². The van der Waals surface area contributed by atoms with Gasteiger partial charge in [0.05, 0.1) is 12.0 Å². The molecule has 17 heavy (non-hydrogen) atoms. The van der Waals surface area contributed by atoms with Gasteiger partial charge in [-0.25, -0.2) is 18.6 Å². The van der Waals surface area contributed by atoms with Gasteiger partial charge < -0.3 is 4.74 Å². The molecule has 0 saturated carbocycles. The number of carbonyl (C=O) groups is 1. The molecule has 0 aliphatic heterocycles. The van der Waals surface area contributed by atoms with Crippen molar-refractivity contribution in [3.05, 3.63) is 28.8 Å². The number of amides is 1. The van der Waals surface area contributed by atoms with Crippen LogP contribution in [0.1, 0.15) is 5.56 Å². The minimum Gasteiger partial charge on any atom is -0.452 e. The highest BCUT2D eigenvalue weighted by molar-refractivity contribution is 7.89.